The number of hydrogen-bond donors (Lipinski definition) is 0. The molecule has 2 atom stereocenters. The van der Waals surface area contributed by atoms with Gasteiger partial charge in [-0.25, -0.2) is 0 Å². The van der Waals surface area contributed by atoms with Gasteiger partial charge in [-0.3, -0.25) is 9.59 Å². The fourth-order valence-electron chi connectivity index (χ4n) is 1.86. The van der Waals surface area contributed by atoms with Gasteiger partial charge in [-0.05, 0) is 31.5 Å². The van der Waals surface area contributed by atoms with Gasteiger partial charge in [0.15, 0.2) is 5.78 Å². The highest BCUT2D eigenvalue weighted by Gasteiger charge is 2.49. The molecule has 0 aliphatic heterocycles. The first-order chi connectivity index (χ1) is 8.54. The van der Waals surface area contributed by atoms with Gasteiger partial charge < -0.3 is 4.74 Å². The second-order valence-corrected chi connectivity index (χ2v) is 5.01. The SMILES string of the molecule is CCOC(=O)C1CC1C(=O)c1ccc(Cl)c(Cl)c1. The highest BCUT2D eigenvalue weighted by atomic mass is 35.5. The van der Waals surface area contributed by atoms with Crippen LogP contribution in [0.15, 0.2) is 18.2 Å². The second kappa shape index (κ2) is 5.29. The van der Waals surface area contributed by atoms with E-state index in [2.05, 4.69) is 0 Å². The Balaban J connectivity index is 2.05. The van der Waals surface area contributed by atoms with Crippen molar-refractivity contribution in [3.8, 4) is 0 Å². The third-order valence-corrected chi connectivity index (χ3v) is 3.66. The number of carbonyl (C=O) groups excluding carboxylic acids is 2. The number of carbonyl (C=O) groups is 2. The molecule has 2 unspecified atom stereocenters. The summed E-state index contributed by atoms with van der Waals surface area (Å²) in [6.45, 7) is 2.08. The van der Waals surface area contributed by atoms with Crippen molar-refractivity contribution in [2.24, 2.45) is 11.8 Å². The third-order valence-electron chi connectivity index (χ3n) is 2.92. The second-order valence-electron chi connectivity index (χ2n) is 4.19. The summed E-state index contributed by atoms with van der Waals surface area (Å²) in [6, 6.07) is 4.74. The lowest BCUT2D eigenvalue weighted by atomic mass is 10.1. The van der Waals surface area contributed by atoms with Crippen molar-refractivity contribution in [3.63, 3.8) is 0 Å². The minimum atomic E-state index is -0.299. The summed E-state index contributed by atoms with van der Waals surface area (Å²) in [4.78, 5) is 23.5. The summed E-state index contributed by atoms with van der Waals surface area (Å²) < 4.78 is 4.89. The molecule has 0 N–H and O–H groups in total. The van der Waals surface area contributed by atoms with Crippen LogP contribution >= 0.6 is 23.2 Å². The van der Waals surface area contributed by atoms with Gasteiger partial charge >= 0.3 is 5.97 Å². The zero-order valence-electron chi connectivity index (χ0n) is 9.78. The van der Waals surface area contributed by atoms with Crippen LogP contribution < -0.4 is 0 Å². The van der Waals surface area contributed by atoms with Crippen LogP contribution in [0.3, 0.4) is 0 Å². The molecule has 0 radical (unpaired) electrons. The van der Waals surface area contributed by atoms with Crippen molar-refractivity contribution in [1.29, 1.82) is 0 Å². The van der Waals surface area contributed by atoms with Crippen molar-refractivity contribution in [2.45, 2.75) is 13.3 Å². The van der Waals surface area contributed by atoms with Crippen molar-refractivity contribution in [1.82, 2.24) is 0 Å². The molecule has 1 aliphatic rings. The van der Waals surface area contributed by atoms with Crippen LogP contribution in [0.4, 0.5) is 0 Å². The zero-order chi connectivity index (χ0) is 13.3. The van der Waals surface area contributed by atoms with E-state index in [0.29, 0.717) is 28.6 Å². The summed E-state index contributed by atoms with van der Waals surface area (Å²) in [6.07, 6.45) is 0.553. The maximum Gasteiger partial charge on any atom is 0.309 e. The number of esters is 1. The zero-order valence-corrected chi connectivity index (χ0v) is 11.3. The summed E-state index contributed by atoms with van der Waals surface area (Å²) in [5.41, 5.74) is 0.487. The van der Waals surface area contributed by atoms with Crippen LogP contribution in [-0.2, 0) is 9.53 Å². The fraction of sp³-hybridized carbons (Fsp3) is 0.385. The molecule has 3 nitrogen and oxygen atoms in total. The molecule has 18 heavy (non-hydrogen) atoms. The largest absolute Gasteiger partial charge is 0.466 e. The fourth-order valence-corrected chi connectivity index (χ4v) is 2.16. The molecule has 1 saturated carbocycles. The van der Waals surface area contributed by atoms with Crippen LogP contribution in [0.2, 0.25) is 10.0 Å². The van der Waals surface area contributed by atoms with E-state index in [1.807, 2.05) is 0 Å². The number of halogens is 2. The molecule has 0 bridgehead atoms. The monoisotopic (exact) mass is 286 g/mol. The minimum absolute atomic E-state index is 0.0772. The lowest BCUT2D eigenvalue weighted by Crippen LogP contribution is -2.11. The Morgan fingerprint density at radius 3 is 2.61 bits per heavy atom. The van der Waals surface area contributed by atoms with Gasteiger partial charge in [0.05, 0.1) is 22.6 Å². The normalized spacial score (nSPS) is 21.5. The van der Waals surface area contributed by atoms with Crippen molar-refractivity contribution < 1.29 is 14.3 Å². The molecule has 0 amide bonds. The van der Waals surface area contributed by atoms with Crippen LogP contribution in [0, 0.1) is 11.8 Å². The average Bonchev–Trinajstić information content (AvgIpc) is 3.12. The van der Waals surface area contributed by atoms with Gasteiger partial charge in [0.1, 0.15) is 0 Å². The van der Waals surface area contributed by atoms with Crippen LogP contribution in [-0.4, -0.2) is 18.4 Å². The minimum Gasteiger partial charge on any atom is -0.466 e. The molecule has 2 rings (SSSR count). The van der Waals surface area contributed by atoms with E-state index < -0.39 is 0 Å². The first kappa shape index (κ1) is 13.4. The van der Waals surface area contributed by atoms with Gasteiger partial charge in [-0.15, -0.1) is 0 Å². The Hall–Kier alpha value is -1.06. The predicted molar refractivity (Wildman–Crippen MR) is 69.0 cm³/mol. The first-order valence-electron chi connectivity index (χ1n) is 5.70. The van der Waals surface area contributed by atoms with Crippen LogP contribution in [0.1, 0.15) is 23.7 Å². The number of rotatable bonds is 4. The highest BCUT2D eigenvalue weighted by molar-refractivity contribution is 6.42. The van der Waals surface area contributed by atoms with E-state index in [1.165, 1.54) is 6.07 Å². The lowest BCUT2D eigenvalue weighted by Gasteiger charge is -2.03. The molecular weight excluding hydrogens is 275 g/mol. The summed E-state index contributed by atoms with van der Waals surface area (Å²) in [5, 5.41) is 0.752. The van der Waals surface area contributed by atoms with Crippen LogP contribution in [0.25, 0.3) is 0 Å². The average molecular weight is 287 g/mol. The number of ether oxygens (including phenoxy) is 1. The molecule has 1 aromatic carbocycles. The van der Waals surface area contributed by atoms with Crippen molar-refractivity contribution in [2.75, 3.05) is 6.61 Å². The maximum absolute atomic E-state index is 12.1. The van der Waals surface area contributed by atoms with Gasteiger partial charge in [0, 0.05) is 11.5 Å². The maximum atomic E-state index is 12.1. The molecule has 1 fully saturated rings. The number of benzene rings is 1. The van der Waals surface area contributed by atoms with E-state index in [-0.39, 0.29) is 23.6 Å². The highest BCUT2D eigenvalue weighted by Crippen LogP contribution is 2.42. The predicted octanol–water partition coefficient (Wildman–Crippen LogP) is 3.38. The van der Waals surface area contributed by atoms with E-state index in [1.54, 1.807) is 19.1 Å². The summed E-state index contributed by atoms with van der Waals surface area (Å²) in [7, 11) is 0. The Kier molecular flexibility index (Phi) is 3.93. The standard InChI is InChI=1S/C13H12Cl2O3/c1-2-18-13(17)9-6-8(9)12(16)7-3-4-10(14)11(15)5-7/h3-5,8-9H,2,6H2,1H3. The van der Waals surface area contributed by atoms with E-state index in [9.17, 15) is 9.59 Å². The Bertz CT molecular complexity index is 499. The Morgan fingerprint density at radius 2 is 2.00 bits per heavy atom. The van der Waals surface area contributed by atoms with Gasteiger partial charge in [-0.2, -0.15) is 0 Å². The van der Waals surface area contributed by atoms with E-state index in [4.69, 9.17) is 27.9 Å². The quantitative estimate of drug-likeness (QED) is 0.630. The number of ketones is 1. The molecule has 0 saturated heterocycles. The molecule has 1 aromatic rings. The third kappa shape index (κ3) is 2.68. The molecule has 0 spiro atoms. The molecular formula is C13H12Cl2O3. The van der Waals surface area contributed by atoms with Crippen LogP contribution in [0.5, 0.6) is 0 Å². The van der Waals surface area contributed by atoms with E-state index >= 15 is 0 Å². The smallest absolute Gasteiger partial charge is 0.309 e. The molecule has 0 aromatic heterocycles. The van der Waals surface area contributed by atoms with E-state index in [0.717, 1.165) is 0 Å². The molecule has 5 heteroatoms. The molecule has 0 heterocycles. The first-order valence-corrected chi connectivity index (χ1v) is 6.46. The Labute approximate surface area is 115 Å². The molecule has 96 valence electrons. The lowest BCUT2D eigenvalue weighted by molar-refractivity contribution is -0.144. The van der Waals surface area contributed by atoms with Crippen molar-refractivity contribution in [3.05, 3.63) is 33.8 Å². The Morgan fingerprint density at radius 1 is 1.28 bits per heavy atom. The van der Waals surface area contributed by atoms with Gasteiger partial charge in [0.25, 0.3) is 0 Å². The number of Topliss-reactive ketones (excluding diaryl/α,β-unsaturated/α-hetero) is 1. The summed E-state index contributed by atoms with van der Waals surface area (Å²) >= 11 is 11.6. The number of hydrogen-bond acceptors (Lipinski definition) is 3. The summed E-state index contributed by atoms with van der Waals surface area (Å²) in [5.74, 6) is -0.948. The molecule has 1 aliphatic carbocycles. The topological polar surface area (TPSA) is 43.4 Å². The van der Waals surface area contributed by atoms with Gasteiger partial charge in [0.2, 0.25) is 0 Å². The van der Waals surface area contributed by atoms with Crippen molar-refractivity contribution >= 4 is 35.0 Å². The van der Waals surface area contributed by atoms with Gasteiger partial charge in [-0.1, -0.05) is 23.2 Å².